The van der Waals surface area contributed by atoms with Crippen LogP contribution in [-0.4, -0.2) is 15.2 Å². The van der Waals surface area contributed by atoms with E-state index in [1.807, 2.05) is 24.3 Å². The van der Waals surface area contributed by atoms with E-state index < -0.39 is 0 Å². The van der Waals surface area contributed by atoms with Crippen LogP contribution in [0.15, 0.2) is 51.7 Å². The van der Waals surface area contributed by atoms with Gasteiger partial charge >= 0.3 is 0 Å². The second-order valence-electron chi connectivity index (χ2n) is 4.29. The Kier molecular flexibility index (Phi) is 3.15. The summed E-state index contributed by atoms with van der Waals surface area (Å²) in [6.45, 7) is 0. The predicted octanol–water partition coefficient (Wildman–Crippen LogP) is 2.78. The maximum atomic E-state index is 11.4. The van der Waals surface area contributed by atoms with Gasteiger partial charge in [0.2, 0.25) is 5.56 Å². The van der Waals surface area contributed by atoms with E-state index in [4.69, 9.17) is 5.73 Å². The Morgan fingerprint density at radius 3 is 2.55 bits per heavy atom. The van der Waals surface area contributed by atoms with Gasteiger partial charge < -0.3 is 10.7 Å². The fraction of sp³-hybridized carbons (Fsp3) is 0. The Morgan fingerprint density at radius 1 is 1.10 bits per heavy atom. The molecule has 0 saturated heterocycles. The molecule has 0 aliphatic heterocycles. The molecule has 2 heterocycles. The fourth-order valence-electron chi connectivity index (χ4n) is 2.05. The lowest BCUT2D eigenvalue weighted by molar-refractivity contribution is 1.09. The molecule has 3 aromatic rings. The second kappa shape index (κ2) is 4.97. The van der Waals surface area contributed by atoms with Gasteiger partial charge in [0.05, 0.1) is 17.0 Å². The van der Waals surface area contributed by atoms with E-state index in [0.29, 0.717) is 17.2 Å². The number of nitrogens with one attached hydrogen (secondary N) is 2. The molecule has 5 nitrogen and oxygen atoms in total. The van der Waals surface area contributed by atoms with Crippen LogP contribution in [0, 0.1) is 0 Å². The van der Waals surface area contributed by atoms with Crippen molar-refractivity contribution < 1.29 is 0 Å². The van der Waals surface area contributed by atoms with Crippen LogP contribution >= 0.6 is 15.9 Å². The van der Waals surface area contributed by atoms with Crippen LogP contribution < -0.4 is 11.3 Å². The zero-order valence-electron chi connectivity index (χ0n) is 10.4. The van der Waals surface area contributed by atoms with Gasteiger partial charge in [0.1, 0.15) is 0 Å². The van der Waals surface area contributed by atoms with E-state index in [1.54, 1.807) is 12.1 Å². The summed E-state index contributed by atoms with van der Waals surface area (Å²) in [7, 11) is 0. The first-order valence-electron chi connectivity index (χ1n) is 5.94. The first-order valence-corrected chi connectivity index (χ1v) is 6.74. The molecule has 0 radical (unpaired) electrons. The highest BCUT2D eigenvalue weighted by atomic mass is 79.9. The molecule has 3 rings (SSSR count). The number of H-pyrrole nitrogens is 2. The Morgan fingerprint density at radius 2 is 1.85 bits per heavy atom. The Balaban J connectivity index is 2.19. The standard InChI is InChI=1S/C14H11BrN4O/c15-9-6-4-8(5-7-9)12-13(18-19-14(12)16)10-2-1-3-11(20)17-10/h1-7H,(H,17,20)(H3,16,18,19). The average molecular weight is 331 g/mol. The summed E-state index contributed by atoms with van der Waals surface area (Å²) in [5, 5.41) is 6.91. The van der Waals surface area contributed by atoms with Crippen LogP contribution in [0.2, 0.25) is 0 Å². The number of nitrogen functional groups attached to an aromatic ring is 1. The van der Waals surface area contributed by atoms with E-state index in [-0.39, 0.29) is 5.56 Å². The molecule has 0 bridgehead atoms. The summed E-state index contributed by atoms with van der Waals surface area (Å²) in [6, 6.07) is 12.7. The monoisotopic (exact) mass is 330 g/mol. The van der Waals surface area contributed by atoms with Crippen molar-refractivity contribution in [3.8, 4) is 22.5 Å². The quantitative estimate of drug-likeness (QED) is 0.675. The summed E-state index contributed by atoms with van der Waals surface area (Å²) < 4.78 is 0.984. The maximum Gasteiger partial charge on any atom is 0.248 e. The van der Waals surface area contributed by atoms with Gasteiger partial charge in [-0.25, -0.2) is 0 Å². The number of halogens is 1. The van der Waals surface area contributed by atoms with Crippen LogP contribution in [0.3, 0.4) is 0 Å². The highest BCUT2D eigenvalue weighted by Crippen LogP contribution is 2.33. The van der Waals surface area contributed by atoms with Crippen molar-refractivity contribution in [2.75, 3.05) is 5.73 Å². The first-order chi connectivity index (χ1) is 9.65. The molecule has 1 aromatic carbocycles. The zero-order chi connectivity index (χ0) is 14.1. The molecule has 6 heteroatoms. The second-order valence-corrected chi connectivity index (χ2v) is 5.21. The summed E-state index contributed by atoms with van der Waals surface area (Å²) in [4.78, 5) is 14.2. The lowest BCUT2D eigenvalue weighted by Crippen LogP contribution is -2.04. The number of aromatic nitrogens is 3. The van der Waals surface area contributed by atoms with Gasteiger partial charge in [-0.15, -0.1) is 0 Å². The molecular weight excluding hydrogens is 320 g/mol. The van der Waals surface area contributed by atoms with E-state index in [2.05, 4.69) is 31.1 Å². The number of pyridine rings is 1. The van der Waals surface area contributed by atoms with E-state index in [0.717, 1.165) is 15.6 Å². The van der Waals surface area contributed by atoms with Gasteiger partial charge in [-0.05, 0) is 23.8 Å². The Hall–Kier alpha value is -2.34. The van der Waals surface area contributed by atoms with Gasteiger partial charge in [-0.3, -0.25) is 9.89 Å². The smallest absolute Gasteiger partial charge is 0.248 e. The molecular formula is C14H11BrN4O. The summed E-state index contributed by atoms with van der Waals surface area (Å²) in [6.07, 6.45) is 0. The minimum absolute atomic E-state index is 0.169. The fourth-order valence-corrected chi connectivity index (χ4v) is 2.32. The van der Waals surface area contributed by atoms with Crippen molar-refractivity contribution in [1.29, 1.82) is 0 Å². The summed E-state index contributed by atoms with van der Waals surface area (Å²) in [5.41, 5.74) is 8.83. The van der Waals surface area contributed by atoms with Crippen molar-refractivity contribution in [3.63, 3.8) is 0 Å². The number of hydrogen-bond acceptors (Lipinski definition) is 3. The maximum absolute atomic E-state index is 11.4. The highest BCUT2D eigenvalue weighted by molar-refractivity contribution is 9.10. The Bertz CT molecular complexity index is 805. The van der Waals surface area contributed by atoms with Gasteiger partial charge in [-0.2, -0.15) is 5.10 Å². The number of nitrogens with two attached hydrogens (primary N) is 1. The molecule has 0 aliphatic carbocycles. The number of aromatic amines is 2. The molecule has 0 atom stereocenters. The summed E-state index contributed by atoms with van der Waals surface area (Å²) in [5.74, 6) is 0.395. The lowest BCUT2D eigenvalue weighted by Gasteiger charge is -2.04. The van der Waals surface area contributed by atoms with Crippen LogP contribution in [0.4, 0.5) is 5.82 Å². The molecule has 0 fully saturated rings. The van der Waals surface area contributed by atoms with Crippen molar-refractivity contribution >= 4 is 21.7 Å². The number of benzene rings is 1. The van der Waals surface area contributed by atoms with Crippen molar-refractivity contribution in [2.24, 2.45) is 0 Å². The van der Waals surface area contributed by atoms with Crippen LogP contribution in [0.5, 0.6) is 0 Å². The van der Waals surface area contributed by atoms with Gasteiger partial charge in [0.25, 0.3) is 0 Å². The van der Waals surface area contributed by atoms with E-state index in [1.165, 1.54) is 6.07 Å². The lowest BCUT2D eigenvalue weighted by atomic mass is 10.0. The number of rotatable bonds is 2. The number of anilines is 1. The zero-order valence-corrected chi connectivity index (χ0v) is 11.9. The molecule has 0 spiro atoms. The first kappa shape index (κ1) is 12.7. The number of hydrogen-bond donors (Lipinski definition) is 3. The molecule has 0 amide bonds. The van der Waals surface area contributed by atoms with Gasteiger partial charge in [0.15, 0.2) is 5.82 Å². The Labute approximate surface area is 123 Å². The molecule has 0 aliphatic rings. The average Bonchev–Trinajstić information content (AvgIpc) is 2.82. The minimum Gasteiger partial charge on any atom is -0.382 e. The molecule has 20 heavy (non-hydrogen) atoms. The molecule has 2 aromatic heterocycles. The largest absolute Gasteiger partial charge is 0.382 e. The third kappa shape index (κ3) is 2.25. The van der Waals surface area contributed by atoms with Crippen molar-refractivity contribution in [1.82, 2.24) is 15.2 Å². The number of nitrogens with zero attached hydrogens (tertiary/aromatic N) is 1. The van der Waals surface area contributed by atoms with E-state index in [9.17, 15) is 4.79 Å². The van der Waals surface area contributed by atoms with Crippen molar-refractivity contribution in [3.05, 3.63) is 57.3 Å². The molecule has 0 unspecified atom stereocenters. The SMILES string of the molecule is Nc1n[nH]c(-c2cccc(=O)[nH]2)c1-c1ccc(Br)cc1. The van der Waals surface area contributed by atoms with Crippen LogP contribution in [-0.2, 0) is 0 Å². The van der Waals surface area contributed by atoms with Gasteiger partial charge in [-0.1, -0.05) is 34.1 Å². The third-order valence-corrected chi connectivity index (χ3v) is 3.49. The predicted molar refractivity (Wildman–Crippen MR) is 82.2 cm³/mol. The summed E-state index contributed by atoms with van der Waals surface area (Å²) >= 11 is 3.40. The third-order valence-electron chi connectivity index (χ3n) is 2.96. The van der Waals surface area contributed by atoms with Crippen molar-refractivity contribution in [2.45, 2.75) is 0 Å². The topological polar surface area (TPSA) is 87.6 Å². The van der Waals surface area contributed by atoms with Gasteiger partial charge in [0, 0.05) is 10.5 Å². The normalized spacial score (nSPS) is 10.7. The van der Waals surface area contributed by atoms with Crippen LogP contribution in [0.25, 0.3) is 22.5 Å². The van der Waals surface area contributed by atoms with E-state index >= 15 is 0 Å². The minimum atomic E-state index is -0.169. The van der Waals surface area contributed by atoms with Crippen LogP contribution in [0.1, 0.15) is 0 Å². The highest BCUT2D eigenvalue weighted by Gasteiger charge is 2.15. The molecule has 100 valence electrons. The molecule has 0 saturated carbocycles. The molecule has 4 N–H and O–H groups in total.